The highest BCUT2D eigenvalue weighted by Gasteiger charge is 2.33. The molecule has 1 unspecified atom stereocenters. The van der Waals surface area contributed by atoms with E-state index in [4.69, 9.17) is 0 Å². The van der Waals surface area contributed by atoms with Crippen LogP contribution in [0.25, 0.3) is 11.1 Å². The molecule has 1 aliphatic heterocycles. The third-order valence-corrected chi connectivity index (χ3v) is 8.12. The number of halogens is 2. The fourth-order valence-corrected chi connectivity index (χ4v) is 5.64. The summed E-state index contributed by atoms with van der Waals surface area (Å²) in [6.07, 6.45) is 0.711. The topological polar surface area (TPSA) is 66.5 Å². The molecule has 3 aromatic rings. The van der Waals surface area contributed by atoms with Crippen LogP contribution in [0.15, 0.2) is 77.7 Å². The number of hydrogen-bond acceptors (Lipinski definition) is 3. The SMILES string of the molecule is CC(NC(=O)C1CCN(S(=O)(=O)c2ccc(F)c(F)c2)CC1)c1ccc(-c2ccccc2)cc1. The van der Waals surface area contributed by atoms with Crippen molar-refractivity contribution in [1.29, 1.82) is 0 Å². The van der Waals surface area contributed by atoms with Gasteiger partial charge in [0, 0.05) is 19.0 Å². The van der Waals surface area contributed by atoms with Crippen molar-refractivity contribution >= 4 is 15.9 Å². The lowest BCUT2D eigenvalue weighted by Crippen LogP contribution is -2.43. The summed E-state index contributed by atoms with van der Waals surface area (Å²) in [4.78, 5) is 12.5. The summed E-state index contributed by atoms with van der Waals surface area (Å²) < 4.78 is 53.4. The molecule has 0 aromatic heterocycles. The Morgan fingerprint density at radius 2 is 1.53 bits per heavy atom. The van der Waals surface area contributed by atoms with E-state index in [1.165, 1.54) is 4.31 Å². The van der Waals surface area contributed by atoms with E-state index < -0.39 is 21.7 Å². The molecule has 178 valence electrons. The molecule has 0 bridgehead atoms. The van der Waals surface area contributed by atoms with Gasteiger partial charge in [-0.15, -0.1) is 0 Å². The lowest BCUT2D eigenvalue weighted by molar-refractivity contribution is -0.126. The number of sulfonamides is 1. The fraction of sp³-hybridized carbons (Fsp3) is 0.269. The fourth-order valence-electron chi connectivity index (χ4n) is 4.15. The van der Waals surface area contributed by atoms with Gasteiger partial charge in [-0.2, -0.15) is 4.31 Å². The van der Waals surface area contributed by atoms with Crippen LogP contribution in [0.5, 0.6) is 0 Å². The predicted octanol–water partition coefficient (Wildman–Crippen LogP) is 4.91. The number of carbonyl (C=O) groups excluding carboxylic acids is 1. The zero-order chi connectivity index (χ0) is 24.3. The van der Waals surface area contributed by atoms with Crippen LogP contribution in [0.3, 0.4) is 0 Å². The standard InChI is InChI=1S/C26H26F2N2O3S/c1-18(19-7-9-21(10-8-19)20-5-3-2-4-6-20)29-26(31)22-13-15-30(16-14-22)34(32,33)23-11-12-24(27)25(28)17-23/h2-12,17-18,22H,13-16H2,1H3,(H,29,31). The minimum atomic E-state index is -3.95. The molecule has 1 aliphatic rings. The molecular formula is C26H26F2N2O3S. The van der Waals surface area contributed by atoms with Crippen LogP contribution in [0.1, 0.15) is 31.4 Å². The van der Waals surface area contributed by atoms with Gasteiger partial charge in [0.1, 0.15) is 0 Å². The Hall–Kier alpha value is -3.10. The molecule has 4 rings (SSSR count). The first-order valence-electron chi connectivity index (χ1n) is 11.2. The highest BCUT2D eigenvalue weighted by Crippen LogP contribution is 2.26. The number of amides is 1. The van der Waals surface area contributed by atoms with Crippen LogP contribution in [0.2, 0.25) is 0 Å². The average Bonchev–Trinajstić information content (AvgIpc) is 2.86. The maximum atomic E-state index is 13.5. The molecule has 0 saturated carbocycles. The molecule has 0 radical (unpaired) electrons. The number of nitrogens with zero attached hydrogens (tertiary/aromatic N) is 1. The second kappa shape index (κ2) is 10.0. The molecule has 0 spiro atoms. The normalized spacial score (nSPS) is 16.2. The molecule has 8 heteroatoms. The van der Waals surface area contributed by atoms with E-state index in [1.807, 2.05) is 61.5 Å². The Morgan fingerprint density at radius 1 is 0.912 bits per heavy atom. The Morgan fingerprint density at radius 3 is 2.15 bits per heavy atom. The van der Waals surface area contributed by atoms with Crippen molar-refractivity contribution in [3.8, 4) is 11.1 Å². The van der Waals surface area contributed by atoms with Gasteiger partial charge in [0.05, 0.1) is 10.9 Å². The van der Waals surface area contributed by atoms with Gasteiger partial charge in [-0.25, -0.2) is 17.2 Å². The van der Waals surface area contributed by atoms with Crippen molar-refractivity contribution in [3.05, 3.63) is 90.0 Å². The second-order valence-corrected chi connectivity index (χ2v) is 10.4. The summed E-state index contributed by atoms with van der Waals surface area (Å²) >= 11 is 0. The van der Waals surface area contributed by atoms with Crippen LogP contribution in [0.4, 0.5) is 8.78 Å². The van der Waals surface area contributed by atoms with Crippen LogP contribution >= 0.6 is 0 Å². The third kappa shape index (κ3) is 5.18. The quantitative estimate of drug-likeness (QED) is 0.541. The Kier molecular flexibility index (Phi) is 7.09. The number of piperidine rings is 1. The molecular weight excluding hydrogens is 458 g/mol. The van der Waals surface area contributed by atoms with Crippen molar-refractivity contribution in [1.82, 2.24) is 9.62 Å². The maximum Gasteiger partial charge on any atom is 0.243 e. The number of carbonyl (C=O) groups is 1. The largest absolute Gasteiger partial charge is 0.349 e. The Labute approximate surface area is 198 Å². The summed E-state index contributed by atoms with van der Waals surface area (Å²) in [5, 5.41) is 3.03. The summed E-state index contributed by atoms with van der Waals surface area (Å²) in [6.45, 7) is 2.19. The first-order valence-corrected chi connectivity index (χ1v) is 12.6. The van der Waals surface area contributed by atoms with Crippen molar-refractivity contribution < 1.29 is 22.0 Å². The number of rotatable bonds is 6. The Balaban J connectivity index is 1.34. The van der Waals surface area contributed by atoms with Crippen molar-refractivity contribution in [2.75, 3.05) is 13.1 Å². The molecule has 0 aliphatic carbocycles. The third-order valence-electron chi connectivity index (χ3n) is 6.23. The maximum absolute atomic E-state index is 13.5. The first kappa shape index (κ1) is 24.0. The molecule has 1 fully saturated rings. The molecule has 1 saturated heterocycles. The minimum Gasteiger partial charge on any atom is -0.349 e. The molecule has 3 aromatic carbocycles. The summed E-state index contributed by atoms with van der Waals surface area (Å²) in [5.74, 6) is -2.74. The lowest BCUT2D eigenvalue weighted by Gasteiger charge is -2.31. The van der Waals surface area contributed by atoms with E-state index in [0.29, 0.717) is 18.9 Å². The van der Waals surface area contributed by atoms with E-state index >= 15 is 0 Å². The van der Waals surface area contributed by atoms with E-state index in [2.05, 4.69) is 5.32 Å². The van der Waals surface area contributed by atoms with Gasteiger partial charge in [-0.3, -0.25) is 4.79 Å². The van der Waals surface area contributed by atoms with Gasteiger partial charge in [0.2, 0.25) is 15.9 Å². The smallest absolute Gasteiger partial charge is 0.243 e. The van der Waals surface area contributed by atoms with Gasteiger partial charge in [0.25, 0.3) is 0 Å². The highest BCUT2D eigenvalue weighted by atomic mass is 32.2. The molecule has 1 N–H and O–H groups in total. The number of hydrogen-bond donors (Lipinski definition) is 1. The van der Waals surface area contributed by atoms with Crippen LogP contribution in [0, 0.1) is 17.6 Å². The highest BCUT2D eigenvalue weighted by molar-refractivity contribution is 7.89. The molecule has 5 nitrogen and oxygen atoms in total. The average molecular weight is 485 g/mol. The van der Waals surface area contributed by atoms with Crippen LogP contribution in [-0.4, -0.2) is 31.7 Å². The lowest BCUT2D eigenvalue weighted by atomic mass is 9.96. The minimum absolute atomic E-state index is 0.121. The second-order valence-electron chi connectivity index (χ2n) is 8.47. The summed E-state index contributed by atoms with van der Waals surface area (Å²) in [5.41, 5.74) is 3.19. The van der Waals surface area contributed by atoms with Crippen LogP contribution < -0.4 is 5.32 Å². The van der Waals surface area contributed by atoms with Gasteiger partial charge in [0.15, 0.2) is 11.6 Å². The van der Waals surface area contributed by atoms with Crippen molar-refractivity contribution in [3.63, 3.8) is 0 Å². The van der Waals surface area contributed by atoms with Gasteiger partial charge in [-0.1, -0.05) is 54.6 Å². The van der Waals surface area contributed by atoms with E-state index in [1.54, 1.807) is 0 Å². The number of benzene rings is 3. The van der Waals surface area contributed by atoms with E-state index in [0.717, 1.165) is 28.8 Å². The van der Waals surface area contributed by atoms with Crippen molar-refractivity contribution in [2.24, 2.45) is 5.92 Å². The molecule has 1 heterocycles. The van der Waals surface area contributed by atoms with Gasteiger partial charge in [-0.05, 0) is 54.7 Å². The van der Waals surface area contributed by atoms with Gasteiger partial charge < -0.3 is 5.32 Å². The first-order chi connectivity index (χ1) is 16.3. The zero-order valence-corrected chi connectivity index (χ0v) is 19.6. The van der Waals surface area contributed by atoms with Crippen molar-refractivity contribution in [2.45, 2.75) is 30.7 Å². The van der Waals surface area contributed by atoms with Gasteiger partial charge >= 0.3 is 0 Å². The monoisotopic (exact) mass is 484 g/mol. The van der Waals surface area contributed by atoms with E-state index in [9.17, 15) is 22.0 Å². The molecule has 34 heavy (non-hydrogen) atoms. The summed E-state index contributed by atoms with van der Waals surface area (Å²) in [6, 6.07) is 20.4. The predicted molar refractivity (Wildman–Crippen MR) is 126 cm³/mol. The summed E-state index contributed by atoms with van der Waals surface area (Å²) in [7, 11) is -3.95. The van der Waals surface area contributed by atoms with Crippen LogP contribution in [-0.2, 0) is 14.8 Å². The molecule has 1 amide bonds. The zero-order valence-electron chi connectivity index (χ0n) is 18.7. The Bertz CT molecular complexity index is 1260. The van der Waals surface area contributed by atoms with E-state index in [-0.39, 0.29) is 35.9 Å². The number of nitrogens with one attached hydrogen (secondary N) is 1. The molecule has 1 atom stereocenters.